The van der Waals surface area contributed by atoms with E-state index in [0.29, 0.717) is 22.8 Å². The molecule has 0 amide bonds. The lowest BCUT2D eigenvalue weighted by Gasteiger charge is -2.68. The van der Waals surface area contributed by atoms with Gasteiger partial charge >= 0.3 is 0 Å². The Hall–Kier alpha value is -1.73. The van der Waals surface area contributed by atoms with E-state index < -0.39 is 0 Å². The molecule has 0 aromatic rings. The van der Waals surface area contributed by atoms with Gasteiger partial charge in [0.15, 0.2) is 5.78 Å². The van der Waals surface area contributed by atoms with Crippen LogP contribution in [0.3, 0.4) is 0 Å². The van der Waals surface area contributed by atoms with Crippen LogP contribution in [-0.2, 0) is 4.79 Å². The normalized spacial score (nSPS) is 53.0. The summed E-state index contributed by atoms with van der Waals surface area (Å²) in [5.74, 6) is 0.840. The number of Topliss-reactive ketones (excluding diaryl/α,β-unsaturated/α-hetero) is 1. The highest BCUT2D eigenvalue weighted by atomic mass is 16.1. The highest BCUT2D eigenvalue weighted by molar-refractivity contribution is 6.16. The average Bonchev–Trinajstić information content (AvgIpc) is 3.69. The third-order valence-electron chi connectivity index (χ3n) is 12.8. The number of carbonyl (C=O) groups is 1. The number of nitrogens with two attached hydrogens (primary N) is 1. The summed E-state index contributed by atoms with van der Waals surface area (Å²) < 4.78 is 0. The molecule has 0 aromatic heterocycles. The van der Waals surface area contributed by atoms with E-state index in [2.05, 4.69) is 52.8 Å². The molecule has 4 saturated carbocycles. The largest absolute Gasteiger partial charge is 0.325 e. The van der Waals surface area contributed by atoms with Crippen molar-refractivity contribution in [1.82, 2.24) is 0 Å². The molecule has 0 saturated heterocycles. The highest BCUT2D eigenvalue weighted by Gasteiger charge is 2.79. The molecule has 4 heteroatoms. The fraction of sp³-hybridized carbons (Fsp3) is 0.767. The van der Waals surface area contributed by atoms with Crippen molar-refractivity contribution in [3.8, 4) is 6.07 Å². The van der Waals surface area contributed by atoms with Crippen LogP contribution in [0.4, 0.5) is 0 Å². The van der Waals surface area contributed by atoms with Crippen LogP contribution in [0.15, 0.2) is 28.3 Å². The van der Waals surface area contributed by atoms with Crippen molar-refractivity contribution in [3.05, 3.63) is 23.3 Å². The molecule has 6 aliphatic carbocycles. The SMILES string of the molecule is CC1(C)CC[C@]2(N)CC[C@@]3(C)[C@]4(C)CC[C@H]5C6(CC6)C(=O)C(C#N)=C[C@]5(C)C4=CC4=N[C@]43C2C1. The first-order chi connectivity index (χ1) is 15.8. The summed E-state index contributed by atoms with van der Waals surface area (Å²) in [4.78, 5) is 18.7. The van der Waals surface area contributed by atoms with E-state index in [0.717, 1.165) is 51.4 Å². The average molecular weight is 458 g/mol. The van der Waals surface area contributed by atoms with Gasteiger partial charge in [0, 0.05) is 27.7 Å². The Morgan fingerprint density at radius 3 is 2.38 bits per heavy atom. The third-order valence-corrected chi connectivity index (χ3v) is 12.8. The summed E-state index contributed by atoms with van der Waals surface area (Å²) in [6, 6.07) is 2.29. The molecule has 1 aliphatic heterocycles. The fourth-order valence-corrected chi connectivity index (χ4v) is 10.5. The van der Waals surface area contributed by atoms with Crippen molar-refractivity contribution in [3.63, 3.8) is 0 Å². The number of rotatable bonds is 0. The Balaban J connectivity index is 1.41. The smallest absolute Gasteiger partial charge is 0.179 e. The van der Waals surface area contributed by atoms with Gasteiger partial charge in [0.05, 0.1) is 11.3 Å². The van der Waals surface area contributed by atoms with Crippen LogP contribution in [0.5, 0.6) is 0 Å². The molecule has 7 atom stereocenters. The standard InChI is InChI=1S/C30H39N3O/c1-24(2)8-12-29(32)13-9-27(5)26(4)7-6-19-25(3,15-18(17-31)23(34)28(19)10-11-28)20(26)14-22-30(27,33-22)21(29)16-24/h14-15,19,21H,6-13,16,32H2,1-5H3/t19-,21?,25+,26-,27+,29+,30-/m1/s1. The van der Waals surface area contributed by atoms with E-state index in [4.69, 9.17) is 10.7 Å². The lowest BCUT2D eigenvalue weighted by Crippen LogP contribution is -2.71. The quantitative estimate of drug-likeness (QED) is 0.508. The van der Waals surface area contributed by atoms with Crippen LogP contribution in [0.1, 0.15) is 92.4 Å². The van der Waals surface area contributed by atoms with E-state index in [9.17, 15) is 10.1 Å². The molecule has 7 aliphatic rings. The van der Waals surface area contributed by atoms with Crippen molar-refractivity contribution >= 4 is 11.5 Å². The topological polar surface area (TPSA) is 79.2 Å². The number of nitriles is 1. The first-order valence-corrected chi connectivity index (χ1v) is 13.6. The molecule has 0 radical (unpaired) electrons. The van der Waals surface area contributed by atoms with Crippen LogP contribution in [0.2, 0.25) is 0 Å². The molecule has 4 fully saturated rings. The molecule has 2 spiro atoms. The monoisotopic (exact) mass is 457 g/mol. The second kappa shape index (κ2) is 5.64. The van der Waals surface area contributed by atoms with Gasteiger partial charge in [-0.1, -0.05) is 46.3 Å². The van der Waals surface area contributed by atoms with Crippen LogP contribution in [0.25, 0.3) is 0 Å². The molecular weight excluding hydrogens is 418 g/mol. The number of nitrogens with zero attached hydrogens (tertiary/aromatic N) is 2. The van der Waals surface area contributed by atoms with Crippen molar-refractivity contribution in [2.75, 3.05) is 0 Å². The van der Waals surface area contributed by atoms with Gasteiger partial charge in [0.1, 0.15) is 11.6 Å². The van der Waals surface area contributed by atoms with Crippen molar-refractivity contribution in [2.45, 2.75) is 103 Å². The summed E-state index contributed by atoms with van der Waals surface area (Å²) in [5, 5.41) is 9.89. The summed E-state index contributed by atoms with van der Waals surface area (Å²) >= 11 is 0. The number of ketones is 1. The minimum absolute atomic E-state index is 0.00178. The minimum Gasteiger partial charge on any atom is -0.325 e. The van der Waals surface area contributed by atoms with Crippen LogP contribution in [-0.4, -0.2) is 22.6 Å². The lowest BCUT2D eigenvalue weighted by molar-refractivity contribution is -0.129. The predicted molar refractivity (Wildman–Crippen MR) is 133 cm³/mol. The summed E-state index contributed by atoms with van der Waals surface area (Å²) in [6.45, 7) is 12.2. The Kier molecular flexibility index (Phi) is 3.57. The maximum Gasteiger partial charge on any atom is 0.179 e. The lowest BCUT2D eigenvalue weighted by atomic mass is 9.35. The number of hydrogen-bond acceptors (Lipinski definition) is 4. The zero-order chi connectivity index (χ0) is 24.2. The van der Waals surface area contributed by atoms with Gasteiger partial charge in [-0.3, -0.25) is 9.79 Å². The van der Waals surface area contributed by atoms with Crippen molar-refractivity contribution in [1.29, 1.82) is 5.26 Å². The first-order valence-electron chi connectivity index (χ1n) is 13.6. The van der Waals surface area contributed by atoms with Gasteiger partial charge in [-0.05, 0) is 80.6 Å². The molecule has 1 heterocycles. The highest BCUT2D eigenvalue weighted by Crippen LogP contribution is 2.79. The molecule has 180 valence electrons. The Morgan fingerprint density at radius 2 is 1.71 bits per heavy atom. The van der Waals surface area contributed by atoms with Crippen LogP contribution < -0.4 is 5.73 Å². The summed E-state index contributed by atoms with van der Waals surface area (Å²) in [7, 11) is 0. The Morgan fingerprint density at radius 1 is 1.00 bits per heavy atom. The van der Waals surface area contributed by atoms with Gasteiger partial charge in [-0.25, -0.2) is 0 Å². The second-order valence-electron chi connectivity index (χ2n) is 14.7. The maximum absolute atomic E-state index is 13.2. The van der Waals surface area contributed by atoms with Crippen LogP contribution >= 0.6 is 0 Å². The van der Waals surface area contributed by atoms with E-state index in [-0.39, 0.29) is 38.5 Å². The van der Waals surface area contributed by atoms with Gasteiger partial charge in [0.2, 0.25) is 0 Å². The summed E-state index contributed by atoms with van der Waals surface area (Å²) in [6.07, 6.45) is 14.3. The molecular formula is C30H39N3O. The van der Waals surface area contributed by atoms with Gasteiger partial charge in [-0.2, -0.15) is 5.26 Å². The maximum atomic E-state index is 13.2. The second-order valence-corrected chi connectivity index (χ2v) is 14.7. The van der Waals surface area contributed by atoms with E-state index >= 15 is 0 Å². The predicted octanol–water partition coefficient (Wildman–Crippen LogP) is 5.68. The van der Waals surface area contributed by atoms with E-state index in [1.807, 2.05) is 0 Å². The number of hydrogen-bond donors (Lipinski definition) is 1. The zero-order valence-corrected chi connectivity index (χ0v) is 21.6. The molecule has 4 nitrogen and oxygen atoms in total. The number of allylic oxidation sites excluding steroid dienone is 3. The van der Waals surface area contributed by atoms with Gasteiger partial charge < -0.3 is 5.73 Å². The van der Waals surface area contributed by atoms with Gasteiger partial charge in [-0.15, -0.1) is 0 Å². The molecule has 1 unspecified atom stereocenters. The molecule has 0 bridgehead atoms. The van der Waals surface area contributed by atoms with E-state index in [1.165, 1.54) is 17.7 Å². The first kappa shape index (κ1) is 21.5. The number of fused-ring (bicyclic) bond motifs is 6. The molecule has 7 rings (SSSR count). The number of aliphatic imine (C=N–C) groups is 1. The zero-order valence-electron chi connectivity index (χ0n) is 21.6. The number of carbonyl (C=O) groups excluding carboxylic acids is 1. The summed E-state index contributed by atoms with van der Waals surface area (Å²) in [5.41, 5.74) is 9.94. The van der Waals surface area contributed by atoms with Crippen molar-refractivity contribution < 1.29 is 4.79 Å². The van der Waals surface area contributed by atoms with Crippen molar-refractivity contribution in [2.24, 2.45) is 49.6 Å². The molecule has 34 heavy (non-hydrogen) atoms. The minimum atomic E-state index is -0.288. The Labute approximate surface area is 204 Å². The van der Waals surface area contributed by atoms with Gasteiger partial charge in [0.25, 0.3) is 0 Å². The van der Waals surface area contributed by atoms with E-state index in [1.54, 1.807) is 0 Å². The third kappa shape index (κ3) is 2.06. The fourth-order valence-electron chi connectivity index (χ4n) is 10.5. The molecule has 0 aromatic carbocycles. The van der Waals surface area contributed by atoms with Crippen LogP contribution in [0, 0.1) is 50.2 Å². The molecule has 2 N–H and O–H groups in total. The Bertz CT molecular complexity index is 1200.